The summed E-state index contributed by atoms with van der Waals surface area (Å²) in [5.41, 5.74) is 3.20. The Bertz CT molecular complexity index is 457. The summed E-state index contributed by atoms with van der Waals surface area (Å²) < 4.78 is 5.41. The van der Waals surface area contributed by atoms with E-state index in [0.717, 1.165) is 22.6 Å². The van der Waals surface area contributed by atoms with E-state index in [9.17, 15) is 4.79 Å². The van der Waals surface area contributed by atoms with E-state index >= 15 is 0 Å². The maximum atomic E-state index is 11.1. The monoisotopic (exact) mass is 265 g/mol. The average Bonchev–Trinajstić information content (AvgIpc) is 2.33. The minimum absolute atomic E-state index is 0.365. The van der Waals surface area contributed by atoms with Crippen LogP contribution >= 0.6 is 0 Å². The predicted molar refractivity (Wildman–Crippen MR) is 77.2 cm³/mol. The number of hydrogen-bond donors (Lipinski definition) is 1. The maximum Gasteiger partial charge on any atom is 0.308 e. The third-order valence-electron chi connectivity index (χ3n) is 3.35. The Morgan fingerprint density at radius 3 is 2.53 bits per heavy atom. The van der Waals surface area contributed by atoms with Crippen molar-refractivity contribution < 1.29 is 14.6 Å². The Hall–Kier alpha value is -1.71. The highest BCUT2D eigenvalue weighted by atomic mass is 16.5. The van der Waals surface area contributed by atoms with Gasteiger partial charge in [-0.15, -0.1) is 0 Å². The fraction of sp³-hybridized carbons (Fsp3) is 0.533. The minimum Gasteiger partial charge on any atom is -0.495 e. The molecule has 1 aromatic rings. The molecule has 1 aromatic carbocycles. The van der Waals surface area contributed by atoms with Crippen LogP contribution in [0.2, 0.25) is 0 Å². The number of aryl methyl sites for hydroxylation is 2. The summed E-state index contributed by atoms with van der Waals surface area (Å²) in [4.78, 5) is 13.1. The molecule has 0 saturated carbocycles. The Labute approximate surface area is 115 Å². The van der Waals surface area contributed by atoms with Gasteiger partial charge in [0.05, 0.1) is 18.7 Å². The molecule has 4 nitrogen and oxygen atoms in total. The standard InChI is InChI=1S/C15H23NO3/c1-6-12(15(17)18)9-16(4)14-11(3)7-10(2)8-13(14)19-5/h7-8,12H,6,9H2,1-5H3,(H,17,18). The molecule has 0 aliphatic rings. The van der Waals surface area contributed by atoms with Crippen molar-refractivity contribution in [3.63, 3.8) is 0 Å². The second-order valence-electron chi connectivity index (χ2n) is 4.96. The molecule has 0 aromatic heterocycles. The highest BCUT2D eigenvalue weighted by molar-refractivity contribution is 5.72. The topological polar surface area (TPSA) is 49.8 Å². The normalized spacial score (nSPS) is 12.1. The van der Waals surface area contributed by atoms with Crippen molar-refractivity contribution in [3.8, 4) is 5.75 Å². The van der Waals surface area contributed by atoms with Crippen molar-refractivity contribution in [3.05, 3.63) is 23.3 Å². The lowest BCUT2D eigenvalue weighted by Crippen LogP contribution is -2.30. The van der Waals surface area contributed by atoms with Gasteiger partial charge in [0.15, 0.2) is 0 Å². The molecule has 0 amide bonds. The molecule has 0 saturated heterocycles. The van der Waals surface area contributed by atoms with Crippen molar-refractivity contribution in [1.82, 2.24) is 0 Å². The molecule has 0 radical (unpaired) electrons. The summed E-state index contributed by atoms with van der Waals surface area (Å²) in [7, 11) is 3.55. The van der Waals surface area contributed by atoms with Gasteiger partial charge in [0.2, 0.25) is 0 Å². The van der Waals surface area contributed by atoms with Crippen LogP contribution in [0, 0.1) is 19.8 Å². The van der Waals surface area contributed by atoms with Gasteiger partial charge in [-0.05, 0) is 37.5 Å². The summed E-state index contributed by atoms with van der Waals surface area (Å²) >= 11 is 0. The molecular formula is C15H23NO3. The van der Waals surface area contributed by atoms with E-state index < -0.39 is 5.97 Å². The molecule has 0 aliphatic carbocycles. The van der Waals surface area contributed by atoms with Crippen molar-refractivity contribution in [2.24, 2.45) is 5.92 Å². The molecule has 0 bridgehead atoms. The van der Waals surface area contributed by atoms with E-state index in [1.54, 1.807) is 7.11 Å². The molecule has 1 rings (SSSR count). The summed E-state index contributed by atoms with van der Waals surface area (Å²) in [6.45, 7) is 6.41. The van der Waals surface area contributed by atoms with Gasteiger partial charge in [0.1, 0.15) is 5.75 Å². The van der Waals surface area contributed by atoms with E-state index in [-0.39, 0.29) is 5.92 Å². The van der Waals surface area contributed by atoms with Crippen molar-refractivity contribution >= 4 is 11.7 Å². The van der Waals surface area contributed by atoms with Crippen LogP contribution in [-0.2, 0) is 4.79 Å². The average molecular weight is 265 g/mol. The summed E-state index contributed by atoms with van der Waals surface area (Å²) in [6, 6.07) is 4.05. The van der Waals surface area contributed by atoms with Crippen molar-refractivity contribution in [2.45, 2.75) is 27.2 Å². The van der Waals surface area contributed by atoms with Gasteiger partial charge in [-0.25, -0.2) is 0 Å². The van der Waals surface area contributed by atoms with Crippen molar-refractivity contribution in [1.29, 1.82) is 0 Å². The first kappa shape index (κ1) is 15.3. The molecule has 4 heteroatoms. The van der Waals surface area contributed by atoms with E-state index in [1.165, 1.54) is 0 Å². The maximum absolute atomic E-state index is 11.1. The molecule has 1 atom stereocenters. The van der Waals surface area contributed by atoms with E-state index in [0.29, 0.717) is 13.0 Å². The van der Waals surface area contributed by atoms with Gasteiger partial charge in [-0.1, -0.05) is 13.0 Å². The van der Waals surface area contributed by atoms with Crippen LogP contribution in [0.25, 0.3) is 0 Å². The molecule has 0 aliphatic heterocycles. The first-order valence-corrected chi connectivity index (χ1v) is 6.49. The SMILES string of the molecule is CCC(CN(C)c1c(C)cc(C)cc1OC)C(=O)O. The Kier molecular flexibility index (Phi) is 5.21. The third kappa shape index (κ3) is 3.63. The van der Waals surface area contributed by atoms with Crippen LogP contribution in [0.4, 0.5) is 5.69 Å². The number of aliphatic carboxylic acids is 1. The Morgan fingerprint density at radius 1 is 1.42 bits per heavy atom. The summed E-state index contributed by atoms with van der Waals surface area (Å²) in [5.74, 6) is -0.325. The first-order valence-electron chi connectivity index (χ1n) is 6.49. The number of rotatable bonds is 6. The lowest BCUT2D eigenvalue weighted by atomic mass is 10.0. The summed E-state index contributed by atoms with van der Waals surface area (Å²) in [5, 5.41) is 9.15. The molecule has 19 heavy (non-hydrogen) atoms. The number of carbonyl (C=O) groups is 1. The number of carboxylic acids is 1. The van der Waals surface area contributed by atoms with Crippen LogP contribution in [-0.4, -0.2) is 31.8 Å². The lowest BCUT2D eigenvalue weighted by Gasteiger charge is -2.26. The number of hydrogen-bond acceptors (Lipinski definition) is 3. The quantitative estimate of drug-likeness (QED) is 0.859. The number of methoxy groups -OCH3 is 1. The van der Waals surface area contributed by atoms with Crippen LogP contribution in [0.3, 0.4) is 0 Å². The van der Waals surface area contributed by atoms with E-state index in [4.69, 9.17) is 9.84 Å². The third-order valence-corrected chi connectivity index (χ3v) is 3.35. The second kappa shape index (κ2) is 6.45. The second-order valence-corrected chi connectivity index (χ2v) is 4.96. The summed E-state index contributed by atoms with van der Waals surface area (Å²) in [6.07, 6.45) is 0.618. The van der Waals surface area contributed by atoms with Gasteiger partial charge in [0, 0.05) is 13.6 Å². The number of anilines is 1. The largest absolute Gasteiger partial charge is 0.495 e. The zero-order valence-electron chi connectivity index (χ0n) is 12.4. The van der Waals surface area contributed by atoms with Gasteiger partial charge >= 0.3 is 5.97 Å². The zero-order valence-corrected chi connectivity index (χ0v) is 12.4. The molecule has 106 valence electrons. The van der Waals surface area contributed by atoms with Crippen LogP contribution < -0.4 is 9.64 Å². The van der Waals surface area contributed by atoms with Crippen LogP contribution in [0.1, 0.15) is 24.5 Å². The zero-order chi connectivity index (χ0) is 14.6. The predicted octanol–water partition coefficient (Wildman–Crippen LogP) is 2.86. The molecule has 1 unspecified atom stereocenters. The number of benzene rings is 1. The highest BCUT2D eigenvalue weighted by Gasteiger charge is 2.20. The van der Waals surface area contributed by atoms with Crippen molar-refractivity contribution in [2.75, 3.05) is 25.6 Å². The van der Waals surface area contributed by atoms with Gasteiger partial charge in [0.25, 0.3) is 0 Å². The van der Waals surface area contributed by atoms with Crippen LogP contribution in [0.5, 0.6) is 5.75 Å². The van der Waals surface area contributed by atoms with Crippen LogP contribution in [0.15, 0.2) is 12.1 Å². The highest BCUT2D eigenvalue weighted by Crippen LogP contribution is 2.33. The van der Waals surface area contributed by atoms with Gasteiger partial charge < -0.3 is 14.7 Å². The number of nitrogens with zero attached hydrogens (tertiary/aromatic N) is 1. The molecule has 0 fully saturated rings. The molecule has 0 heterocycles. The number of carboxylic acid groups (broad SMARTS) is 1. The molecule has 1 N–H and O–H groups in total. The Balaban J connectivity index is 3.05. The fourth-order valence-electron chi connectivity index (χ4n) is 2.37. The van der Waals surface area contributed by atoms with Gasteiger partial charge in [-0.3, -0.25) is 4.79 Å². The Morgan fingerprint density at radius 2 is 2.05 bits per heavy atom. The number of ether oxygens (including phenoxy) is 1. The first-order chi connectivity index (χ1) is 8.90. The molecule has 0 spiro atoms. The van der Waals surface area contributed by atoms with Gasteiger partial charge in [-0.2, -0.15) is 0 Å². The smallest absolute Gasteiger partial charge is 0.308 e. The van der Waals surface area contributed by atoms with E-state index in [2.05, 4.69) is 6.07 Å². The minimum atomic E-state index is -0.752. The fourth-order valence-corrected chi connectivity index (χ4v) is 2.37. The lowest BCUT2D eigenvalue weighted by molar-refractivity contribution is -0.141. The molecular weight excluding hydrogens is 242 g/mol. The van der Waals surface area contributed by atoms with E-state index in [1.807, 2.05) is 38.8 Å².